The summed E-state index contributed by atoms with van der Waals surface area (Å²) in [6.07, 6.45) is -0.0148. The summed E-state index contributed by atoms with van der Waals surface area (Å²) >= 11 is 0. The van der Waals surface area contributed by atoms with E-state index in [0.717, 1.165) is 6.54 Å². The second kappa shape index (κ2) is 6.86. The first-order valence-corrected chi connectivity index (χ1v) is 4.74. The normalized spacial score (nSPS) is 15.1. The van der Waals surface area contributed by atoms with Crippen LogP contribution in [0.2, 0.25) is 0 Å². The van der Waals surface area contributed by atoms with Crippen molar-refractivity contribution in [1.29, 1.82) is 0 Å². The predicted octanol–water partition coefficient (Wildman–Crippen LogP) is -0.128. The minimum atomic E-state index is -0.474. The zero-order valence-corrected chi connectivity index (χ0v) is 8.63. The van der Waals surface area contributed by atoms with Gasteiger partial charge in [0.15, 0.2) is 0 Å². The van der Waals surface area contributed by atoms with Gasteiger partial charge in [-0.1, -0.05) is 6.92 Å². The van der Waals surface area contributed by atoms with Crippen LogP contribution in [0.5, 0.6) is 0 Å². The molecule has 0 aromatic carbocycles. The predicted molar refractivity (Wildman–Crippen MR) is 52.4 cm³/mol. The molecule has 2 atom stereocenters. The van der Waals surface area contributed by atoms with E-state index in [1.54, 1.807) is 6.92 Å². The summed E-state index contributed by atoms with van der Waals surface area (Å²) in [5, 5.41) is 14.7. The Kier molecular flexibility index (Phi) is 6.54. The van der Waals surface area contributed by atoms with Crippen LogP contribution in [0.4, 0.5) is 0 Å². The second-order valence-electron chi connectivity index (χ2n) is 3.32. The minimum absolute atomic E-state index is 0.0191. The number of aliphatic hydroxyl groups is 1. The molecule has 0 saturated heterocycles. The average molecular weight is 188 g/mol. The van der Waals surface area contributed by atoms with Crippen molar-refractivity contribution in [3.63, 3.8) is 0 Å². The quantitative estimate of drug-likeness (QED) is 0.544. The van der Waals surface area contributed by atoms with E-state index in [1.807, 2.05) is 13.8 Å². The lowest BCUT2D eigenvalue weighted by molar-refractivity contribution is -0.121. The third-order valence-corrected chi connectivity index (χ3v) is 1.64. The maximum absolute atomic E-state index is 11.2. The first kappa shape index (κ1) is 12.4. The van der Waals surface area contributed by atoms with Crippen LogP contribution in [-0.2, 0) is 4.79 Å². The fraction of sp³-hybridized carbons (Fsp3) is 0.889. The number of carbonyl (C=O) groups excluding carboxylic acids is 1. The highest BCUT2D eigenvalue weighted by Crippen LogP contribution is 1.89. The lowest BCUT2D eigenvalue weighted by Crippen LogP contribution is -2.36. The largest absolute Gasteiger partial charge is 0.392 e. The molecular weight excluding hydrogens is 168 g/mol. The van der Waals surface area contributed by atoms with Crippen LogP contribution in [-0.4, -0.2) is 36.2 Å². The Morgan fingerprint density at radius 2 is 2.08 bits per heavy atom. The molecule has 0 fully saturated rings. The van der Waals surface area contributed by atoms with Gasteiger partial charge in [0.1, 0.15) is 0 Å². The van der Waals surface area contributed by atoms with Gasteiger partial charge in [0.05, 0.1) is 6.10 Å². The first-order valence-electron chi connectivity index (χ1n) is 4.74. The summed E-state index contributed by atoms with van der Waals surface area (Å²) in [6, 6.07) is 0.194. The number of hydrogen-bond donors (Lipinski definition) is 3. The van der Waals surface area contributed by atoms with E-state index >= 15 is 0 Å². The van der Waals surface area contributed by atoms with Gasteiger partial charge in [-0.3, -0.25) is 4.79 Å². The van der Waals surface area contributed by atoms with Crippen LogP contribution in [0.3, 0.4) is 0 Å². The zero-order valence-electron chi connectivity index (χ0n) is 8.63. The van der Waals surface area contributed by atoms with Crippen molar-refractivity contribution in [3.05, 3.63) is 0 Å². The highest BCUT2D eigenvalue weighted by Gasteiger charge is 2.07. The van der Waals surface area contributed by atoms with Gasteiger partial charge < -0.3 is 15.7 Å². The molecule has 78 valence electrons. The lowest BCUT2D eigenvalue weighted by Gasteiger charge is -2.12. The Bertz CT molecular complexity index is 149. The summed E-state index contributed by atoms with van der Waals surface area (Å²) in [4.78, 5) is 11.2. The lowest BCUT2D eigenvalue weighted by atomic mass is 10.2. The van der Waals surface area contributed by atoms with Gasteiger partial charge in [0.2, 0.25) is 5.91 Å². The molecule has 2 unspecified atom stereocenters. The zero-order chi connectivity index (χ0) is 10.3. The summed E-state index contributed by atoms with van der Waals surface area (Å²) in [7, 11) is 0. The Hall–Kier alpha value is -0.610. The molecule has 3 N–H and O–H groups in total. The number of carbonyl (C=O) groups is 1. The van der Waals surface area contributed by atoms with Crippen molar-refractivity contribution in [2.75, 3.05) is 13.1 Å². The molecule has 0 bridgehead atoms. The van der Waals surface area contributed by atoms with Crippen LogP contribution in [0.1, 0.15) is 27.2 Å². The fourth-order valence-electron chi connectivity index (χ4n) is 1.03. The molecule has 0 aromatic heterocycles. The van der Waals surface area contributed by atoms with Crippen LogP contribution in [0, 0.1) is 0 Å². The number of amides is 1. The van der Waals surface area contributed by atoms with Gasteiger partial charge in [-0.2, -0.15) is 0 Å². The highest BCUT2D eigenvalue weighted by atomic mass is 16.3. The van der Waals surface area contributed by atoms with Crippen molar-refractivity contribution in [2.45, 2.75) is 39.3 Å². The van der Waals surface area contributed by atoms with Crippen LogP contribution < -0.4 is 10.6 Å². The summed E-state index contributed by atoms with van der Waals surface area (Å²) in [5.74, 6) is -0.0191. The monoisotopic (exact) mass is 188 g/mol. The van der Waals surface area contributed by atoms with Gasteiger partial charge in [0.25, 0.3) is 0 Å². The van der Waals surface area contributed by atoms with Gasteiger partial charge in [-0.05, 0) is 20.4 Å². The highest BCUT2D eigenvalue weighted by molar-refractivity contribution is 5.76. The van der Waals surface area contributed by atoms with E-state index in [4.69, 9.17) is 5.11 Å². The van der Waals surface area contributed by atoms with Crippen molar-refractivity contribution in [2.24, 2.45) is 0 Å². The first-order chi connectivity index (χ1) is 6.06. The molecule has 0 radical (unpaired) electrons. The smallest absolute Gasteiger partial charge is 0.221 e. The molecule has 13 heavy (non-hydrogen) atoms. The Balaban J connectivity index is 3.50. The number of nitrogens with one attached hydrogen (secondary N) is 2. The van der Waals surface area contributed by atoms with Gasteiger partial charge >= 0.3 is 0 Å². The molecule has 0 aliphatic heterocycles. The van der Waals surface area contributed by atoms with E-state index < -0.39 is 6.10 Å². The van der Waals surface area contributed by atoms with E-state index in [9.17, 15) is 4.79 Å². The number of hydrogen-bond acceptors (Lipinski definition) is 3. The molecule has 0 aliphatic carbocycles. The van der Waals surface area contributed by atoms with Crippen LogP contribution in [0.25, 0.3) is 0 Å². The van der Waals surface area contributed by atoms with E-state index in [-0.39, 0.29) is 11.9 Å². The maximum atomic E-state index is 11.2. The third kappa shape index (κ3) is 7.74. The standard InChI is InChI=1S/C9H20N2O2/c1-4-10-7(2)5-9(13)11-6-8(3)12/h7-8,10,12H,4-6H2,1-3H3,(H,11,13). The maximum Gasteiger partial charge on any atom is 0.221 e. The molecule has 4 nitrogen and oxygen atoms in total. The SMILES string of the molecule is CCNC(C)CC(=O)NCC(C)O. The number of rotatable bonds is 6. The van der Waals surface area contributed by atoms with Crippen molar-refractivity contribution in [3.8, 4) is 0 Å². The van der Waals surface area contributed by atoms with Crippen molar-refractivity contribution < 1.29 is 9.90 Å². The van der Waals surface area contributed by atoms with Crippen LogP contribution in [0.15, 0.2) is 0 Å². The fourth-order valence-corrected chi connectivity index (χ4v) is 1.03. The van der Waals surface area contributed by atoms with E-state index in [0.29, 0.717) is 13.0 Å². The second-order valence-corrected chi connectivity index (χ2v) is 3.32. The molecule has 0 saturated carbocycles. The summed E-state index contributed by atoms with van der Waals surface area (Å²) < 4.78 is 0. The average Bonchev–Trinajstić information content (AvgIpc) is 2.01. The molecule has 0 aromatic rings. The molecule has 0 rings (SSSR count). The third-order valence-electron chi connectivity index (χ3n) is 1.64. The topological polar surface area (TPSA) is 61.4 Å². The Morgan fingerprint density at radius 1 is 1.46 bits per heavy atom. The molecule has 0 aliphatic rings. The molecule has 0 heterocycles. The Morgan fingerprint density at radius 3 is 2.54 bits per heavy atom. The van der Waals surface area contributed by atoms with Gasteiger partial charge in [0, 0.05) is 19.0 Å². The number of aliphatic hydroxyl groups excluding tert-OH is 1. The van der Waals surface area contributed by atoms with Crippen molar-refractivity contribution >= 4 is 5.91 Å². The molecule has 1 amide bonds. The van der Waals surface area contributed by atoms with Crippen LogP contribution >= 0.6 is 0 Å². The minimum Gasteiger partial charge on any atom is -0.392 e. The summed E-state index contributed by atoms with van der Waals surface area (Å²) in [5.41, 5.74) is 0. The van der Waals surface area contributed by atoms with Gasteiger partial charge in [-0.15, -0.1) is 0 Å². The van der Waals surface area contributed by atoms with Crippen molar-refractivity contribution in [1.82, 2.24) is 10.6 Å². The Labute approximate surface area is 79.7 Å². The molecule has 4 heteroatoms. The summed E-state index contributed by atoms with van der Waals surface area (Å²) in [6.45, 7) is 6.81. The van der Waals surface area contributed by atoms with E-state index in [1.165, 1.54) is 0 Å². The van der Waals surface area contributed by atoms with E-state index in [2.05, 4.69) is 10.6 Å². The van der Waals surface area contributed by atoms with Gasteiger partial charge in [-0.25, -0.2) is 0 Å². The molecular formula is C9H20N2O2. The molecule has 0 spiro atoms.